The highest BCUT2D eigenvalue weighted by atomic mass is 35.5. The van der Waals surface area contributed by atoms with Crippen LogP contribution < -0.4 is 4.74 Å². The zero-order valence-corrected chi connectivity index (χ0v) is 9.92. The first-order valence-electron chi connectivity index (χ1n) is 4.43. The Kier molecular flexibility index (Phi) is 5.01. The minimum absolute atomic E-state index is 0.00797. The molecule has 5 nitrogen and oxygen atoms in total. The van der Waals surface area contributed by atoms with Crippen molar-refractivity contribution in [2.24, 2.45) is 0 Å². The van der Waals surface area contributed by atoms with Crippen molar-refractivity contribution in [3.63, 3.8) is 0 Å². The average molecular weight is 252 g/mol. The summed E-state index contributed by atoms with van der Waals surface area (Å²) < 4.78 is 10.5. The van der Waals surface area contributed by atoms with Crippen LogP contribution in [-0.2, 0) is 4.74 Å². The van der Waals surface area contributed by atoms with E-state index in [9.17, 15) is 0 Å². The first kappa shape index (κ1) is 12.4. The number of hydrogen-bond acceptors (Lipinski definition) is 5. The predicted molar refractivity (Wildman–Crippen MR) is 56.4 cm³/mol. The second-order valence-electron chi connectivity index (χ2n) is 2.74. The van der Waals surface area contributed by atoms with Gasteiger partial charge < -0.3 is 9.47 Å². The van der Waals surface area contributed by atoms with E-state index < -0.39 is 0 Å². The van der Waals surface area contributed by atoms with Crippen LogP contribution in [0.25, 0.3) is 0 Å². The fraction of sp³-hybridized carbons (Fsp3) is 0.625. The Balaban J connectivity index is 2.56. The Hall–Kier alpha value is -0.650. The van der Waals surface area contributed by atoms with Crippen molar-refractivity contribution in [3.05, 3.63) is 10.6 Å². The standard InChI is InChI=1S/C8H11Cl2N3O2/c1-3-14-4-5(2)15-8-12-6(9)11-7(10)13-8/h5H,3-4H2,1-2H3. The maximum absolute atomic E-state index is 5.58. The molecule has 0 N–H and O–H groups in total. The Morgan fingerprint density at radius 3 is 2.33 bits per heavy atom. The monoisotopic (exact) mass is 251 g/mol. The third-order valence-corrected chi connectivity index (χ3v) is 1.76. The van der Waals surface area contributed by atoms with Gasteiger partial charge in [-0.2, -0.15) is 15.0 Å². The van der Waals surface area contributed by atoms with Crippen molar-refractivity contribution >= 4 is 23.2 Å². The molecule has 7 heteroatoms. The first-order valence-corrected chi connectivity index (χ1v) is 5.19. The van der Waals surface area contributed by atoms with E-state index in [0.717, 1.165) is 0 Å². The Labute approximate surface area is 97.7 Å². The summed E-state index contributed by atoms with van der Waals surface area (Å²) in [4.78, 5) is 11.1. The number of halogens is 2. The van der Waals surface area contributed by atoms with E-state index in [1.165, 1.54) is 0 Å². The lowest BCUT2D eigenvalue weighted by molar-refractivity contribution is 0.0606. The fourth-order valence-electron chi connectivity index (χ4n) is 0.859. The van der Waals surface area contributed by atoms with Crippen molar-refractivity contribution in [3.8, 4) is 6.01 Å². The molecule has 0 aliphatic heterocycles. The van der Waals surface area contributed by atoms with E-state index in [1.807, 2.05) is 13.8 Å². The van der Waals surface area contributed by atoms with Crippen molar-refractivity contribution in [2.75, 3.05) is 13.2 Å². The first-order chi connectivity index (χ1) is 7.11. The van der Waals surface area contributed by atoms with Gasteiger partial charge in [0.05, 0.1) is 6.61 Å². The summed E-state index contributed by atoms with van der Waals surface area (Å²) in [5.74, 6) is 0. The van der Waals surface area contributed by atoms with Crippen LogP contribution in [0.4, 0.5) is 0 Å². The molecule has 84 valence electrons. The zero-order valence-electron chi connectivity index (χ0n) is 8.41. The highest BCUT2D eigenvalue weighted by molar-refractivity contribution is 6.31. The van der Waals surface area contributed by atoms with Crippen LogP contribution >= 0.6 is 23.2 Å². The van der Waals surface area contributed by atoms with E-state index in [0.29, 0.717) is 13.2 Å². The van der Waals surface area contributed by atoms with E-state index >= 15 is 0 Å². The molecular formula is C8H11Cl2N3O2. The number of hydrogen-bond donors (Lipinski definition) is 0. The highest BCUT2D eigenvalue weighted by Crippen LogP contribution is 2.12. The average Bonchev–Trinajstić information content (AvgIpc) is 2.13. The van der Waals surface area contributed by atoms with Gasteiger partial charge in [0.1, 0.15) is 6.10 Å². The van der Waals surface area contributed by atoms with Crippen LogP contribution in [0.5, 0.6) is 6.01 Å². The van der Waals surface area contributed by atoms with Gasteiger partial charge in [0.2, 0.25) is 10.6 Å². The van der Waals surface area contributed by atoms with Gasteiger partial charge in [0, 0.05) is 6.61 Å². The topological polar surface area (TPSA) is 57.1 Å². The quantitative estimate of drug-likeness (QED) is 0.801. The molecule has 0 aromatic carbocycles. The van der Waals surface area contributed by atoms with E-state index in [-0.39, 0.29) is 22.7 Å². The summed E-state index contributed by atoms with van der Waals surface area (Å²) in [5, 5.41) is 0.0159. The predicted octanol–water partition coefficient (Wildman–Crippen LogP) is 1.98. The molecule has 0 bridgehead atoms. The number of ether oxygens (including phenoxy) is 2. The lowest BCUT2D eigenvalue weighted by atomic mass is 10.4. The highest BCUT2D eigenvalue weighted by Gasteiger charge is 2.09. The van der Waals surface area contributed by atoms with Gasteiger partial charge in [-0.3, -0.25) is 0 Å². The maximum Gasteiger partial charge on any atom is 0.322 e. The van der Waals surface area contributed by atoms with E-state index in [4.69, 9.17) is 32.7 Å². The minimum atomic E-state index is -0.167. The molecule has 1 unspecified atom stereocenters. The lowest BCUT2D eigenvalue weighted by Crippen LogP contribution is -2.20. The molecule has 1 aromatic rings. The van der Waals surface area contributed by atoms with Gasteiger partial charge in [-0.1, -0.05) is 0 Å². The SMILES string of the molecule is CCOCC(C)Oc1nc(Cl)nc(Cl)n1. The molecule has 0 amide bonds. The molecular weight excluding hydrogens is 241 g/mol. The summed E-state index contributed by atoms with van der Waals surface area (Å²) in [6.07, 6.45) is -0.167. The molecule has 1 aromatic heterocycles. The summed E-state index contributed by atoms with van der Waals surface area (Å²) in [7, 11) is 0. The van der Waals surface area contributed by atoms with Crippen molar-refractivity contribution in [1.82, 2.24) is 15.0 Å². The van der Waals surface area contributed by atoms with E-state index in [2.05, 4.69) is 15.0 Å². The van der Waals surface area contributed by atoms with Crippen LogP contribution in [0, 0.1) is 0 Å². The zero-order chi connectivity index (χ0) is 11.3. The van der Waals surface area contributed by atoms with Gasteiger partial charge in [0.15, 0.2) is 0 Å². The molecule has 0 radical (unpaired) electrons. The normalized spacial score (nSPS) is 12.5. The molecule has 0 aliphatic rings. The van der Waals surface area contributed by atoms with Crippen LogP contribution in [0.3, 0.4) is 0 Å². The Morgan fingerprint density at radius 1 is 1.20 bits per heavy atom. The van der Waals surface area contributed by atoms with Crippen LogP contribution in [0.2, 0.25) is 10.6 Å². The van der Waals surface area contributed by atoms with Gasteiger partial charge in [-0.25, -0.2) is 0 Å². The summed E-state index contributed by atoms with van der Waals surface area (Å²) in [6, 6.07) is 0.104. The molecule has 0 fully saturated rings. The van der Waals surface area contributed by atoms with Gasteiger partial charge in [0.25, 0.3) is 0 Å². The summed E-state index contributed by atoms with van der Waals surface area (Å²) in [5.41, 5.74) is 0. The molecule has 0 spiro atoms. The lowest BCUT2D eigenvalue weighted by Gasteiger charge is -2.12. The van der Waals surface area contributed by atoms with Crippen molar-refractivity contribution in [1.29, 1.82) is 0 Å². The minimum Gasteiger partial charge on any atom is -0.458 e. The van der Waals surface area contributed by atoms with E-state index in [1.54, 1.807) is 0 Å². The van der Waals surface area contributed by atoms with Crippen molar-refractivity contribution in [2.45, 2.75) is 20.0 Å². The molecule has 1 rings (SSSR count). The summed E-state index contributed by atoms with van der Waals surface area (Å²) in [6.45, 7) is 4.83. The molecule has 0 saturated carbocycles. The second kappa shape index (κ2) is 6.05. The maximum atomic E-state index is 5.58. The molecule has 15 heavy (non-hydrogen) atoms. The fourth-order valence-corrected chi connectivity index (χ4v) is 1.21. The number of nitrogens with zero attached hydrogens (tertiary/aromatic N) is 3. The molecule has 1 heterocycles. The van der Waals surface area contributed by atoms with Crippen molar-refractivity contribution < 1.29 is 9.47 Å². The second-order valence-corrected chi connectivity index (χ2v) is 3.42. The Bertz CT molecular complexity index is 305. The third kappa shape index (κ3) is 4.59. The number of aromatic nitrogens is 3. The molecule has 1 atom stereocenters. The largest absolute Gasteiger partial charge is 0.458 e. The van der Waals surface area contributed by atoms with Crippen LogP contribution in [-0.4, -0.2) is 34.3 Å². The third-order valence-electron chi connectivity index (χ3n) is 1.42. The van der Waals surface area contributed by atoms with Gasteiger partial charge >= 0.3 is 6.01 Å². The van der Waals surface area contributed by atoms with Gasteiger partial charge in [-0.15, -0.1) is 0 Å². The Morgan fingerprint density at radius 2 is 1.80 bits per heavy atom. The molecule has 0 saturated heterocycles. The summed E-state index contributed by atoms with van der Waals surface area (Å²) >= 11 is 11.2. The molecule has 0 aliphatic carbocycles. The van der Waals surface area contributed by atoms with Gasteiger partial charge in [-0.05, 0) is 37.0 Å². The smallest absolute Gasteiger partial charge is 0.322 e. The van der Waals surface area contributed by atoms with Crippen LogP contribution in [0.15, 0.2) is 0 Å². The van der Waals surface area contributed by atoms with Crippen LogP contribution in [0.1, 0.15) is 13.8 Å². The number of rotatable bonds is 5.